The van der Waals surface area contributed by atoms with Crippen LogP contribution in [0, 0.1) is 5.92 Å². The quantitative estimate of drug-likeness (QED) is 0.150. The van der Waals surface area contributed by atoms with E-state index in [4.69, 9.17) is 11.5 Å². The monoisotopic (exact) mass is 562 g/mol. The molecule has 0 bridgehead atoms. The maximum atomic E-state index is 13.5. The second-order valence-electron chi connectivity index (χ2n) is 9.45. The summed E-state index contributed by atoms with van der Waals surface area (Å²) < 4.78 is 0. The molecule has 0 fully saturated rings. The van der Waals surface area contributed by atoms with Gasteiger partial charge in [-0.1, -0.05) is 38.5 Å². The van der Waals surface area contributed by atoms with Crippen molar-refractivity contribution in [3.63, 3.8) is 0 Å². The van der Waals surface area contributed by atoms with E-state index in [-0.39, 0.29) is 6.42 Å². The fraction of sp³-hybridized carbons (Fsp3) is 0.500. The predicted octanol–water partition coefficient (Wildman–Crippen LogP) is 0.251. The number of amides is 4. The lowest BCUT2D eigenvalue weighted by molar-refractivity contribution is -0.144. The minimum atomic E-state index is -1.45. The number of nitrogens with one attached hydrogen (secondary N) is 4. The van der Waals surface area contributed by atoms with Crippen LogP contribution in [0.25, 0.3) is 10.9 Å². The fourth-order valence-corrected chi connectivity index (χ4v) is 4.49. The molecule has 2 aromatic rings. The lowest BCUT2D eigenvalue weighted by Gasteiger charge is -2.26. The first-order valence-corrected chi connectivity index (χ1v) is 14.1. The number of benzene rings is 1. The summed E-state index contributed by atoms with van der Waals surface area (Å²) in [4.78, 5) is 65.8. The second kappa shape index (κ2) is 15.1. The molecule has 1 aromatic carbocycles. The maximum Gasteiger partial charge on any atom is 0.326 e. The Bertz CT molecular complexity index is 1170. The number of aromatic amines is 1. The molecule has 4 amide bonds. The summed E-state index contributed by atoms with van der Waals surface area (Å²) in [6.45, 7) is 3.44. The summed E-state index contributed by atoms with van der Waals surface area (Å²) in [5, 5.41) is 17.9. The number of thioether (sulfide) groups is 1. The van der Waals surface area contributed by atoms with E-state index in [1.807, 2.05) is 30.5 Å². The summed E-state index contributed by atoms with van der Waals surface area (Å²) in [6.07, 6.45) is 3.98. The van der Waals surface area contributed by atoms with Gasteiger partial charge in [-0.2, -0.15) is 11.8 Å². The molecule has 12 nitrogen and oxygen atoms in total. The molecular weight excluding hydrogens is 524 g/mol. The van der Waals surface area contributed by atoms with E-state index in [0.29, 0.717) is 18.6 Å². The summed E-state index contributed by atoms with van der Waals surface area (Å²) in [7, 11) is 0. The molecule has 5 atom stereocenters. The molecule has 9 N–H and O–H groups in total. The van der Waals surface area contributed by atoms with Crippen LogP contribution >= 0.6 is 11.8 Å². The normalized spacial score (nSPS) is 15.0. The van der Waals surface area contributed by atoms with Crippen LogP contribution in [-0.2, 0) is 30.4 Å². The first kappa shape index (κ1) is 31.6. The van der Waals surface area contributed by atoms with Crippen molar-refractivity contribution in [2.45, 2.75) is 63.7 Å². The van der Waals surface area contributed by atoms with Crippen molar-refractivity contribution in [3.05, 3.63) is 36.0 Å². The molecule has 214 valence electrons. The van der Waals surface area contributed by atoms with Crippen molar-refractivity contribution in [2.24, 2.45) is 17.4 Å². The van der Waals surface area contributed by atoms with Gasteiger partial charge in [-0.05, 0) is 36.0 Å². The number of nitrogens with two attached hydrogens (primary N) is 2. The highest BCUT2D eigenvalue weighted by atomic mass is 32.2. The zero-order chi connectivity index (χ0) is 29.1. The molecular formula is C26H38N6O6S. The van der Waals surface area contributed by atoms with Gasteiger partial charge < -0.3 is 37.5 Å². The number of H-pyrrole nitrogens is 1. The minimum absolute atomic E-state index is 0.0619. The first-order valence-electron chi connectivity index (χ1n) is 12.7. The zero-order valence-electron chi connectivity index (χ0n) is 22.4. The lowest BCUT2D eigenvalue weighted by Crippen LogP contribution is -2.58. The summed E-state index contributed by atoms with van der Waals surface area (Å²) >= 11 is 1.53. The highest BCUT2D eigenvalue weighted by Crippen LogP contribution is 2.19. The molecule has 0 aliphatic rings. The van der Waals surface area contributed by atoms with E-state index in [1.54, 1.807) is 20.0 Å². The number of rotatable bonds is 16. The van der Waals surface area contributed by atoms with Gasteiger partial charge in [0.05, 0.1) is 12.5 Å². The summed E-state index contributed by atoms with van der Waals surface area (Å²) in [6, 6.07) is 2.75. The lowest BCUT2D eigenvalue weighted by atomic mass is 9.98. The summed E-state index contributed by atoms with van der Waals surface area (Å²) in [5.41, 5.74) is 12.9. The molecule has 13 heteroatoms. The average molecular weight is 563 g/mol. The largest absolute Gasteiger partial charge is 0.480 e. The molecule has 0 aliphatic carbocycles. The van der Waals surface area contributed by atoms with Crippen LogP contribution in [0.15, 0.2) is 30.5 Å². The Balaban J connectivity index is 2.31. The summed E-state index contributed by atoms with van der Waals surface area (Å²) in [5.74, 6) is -4.04. The van der Waals surface area contributed by atoms with E-state index < -0.39 is 66.1 Å². The van der Waals surface area contributed by atoms with Gasteiger partial charge in [0.25, 0.3) is 0 Å². The Morgan fingerprint density at radius 2 is 1.67 bits per heavy atom. The van der Waals surface area contributed by atoms with Crippen molar-refractivity contribution >= 4 is 52.3 Å². The molecule has 39 heavy (non-hydrogen) atoms. The number of aliphatic carboxylic acids is 1. The third-order valence-electron chi connectivity index (χ3n) is 6.52. The highest BCUT2D eigenvalue weighted by Gasteiger charge is 2.33. The smallest absolute Gasteiger partial charge is 0.326 e. The molecule has 0 spiro atoms. The van der Waals surface area contributed by atoms with Crippen LogP contribution in [-0.4, -0.2) is 75.9 Å². The third-order valence-corrected chi connectivity index (χ3v) is 7.16. The van der Waals surface area contributed by atoms with Gasteiger partial charge in [0.2, 0.25) is 23.6 Å². The maximum absolute atomic E-state index is 13.5. The predicted molar refractivity (Wildman–Crippen MR) is 150 cm³/mol. The Kier molecular flexibility index (Phi) is 12.3. The number of carboxylic acids is 1. The van der Waals surface area contributed by atoms with Gasteiger partial charge in [-0.25, -0.2) is 4.79 Å². The van der Waals surface area contributed by atoms with Crippen LogP contribution in [0.5, 0.6) is 0 Å². The Morgan fingerprint density at radius 1 is 1.03 bits per heavy atom. The number of hydrogen-bond donors (Lipinski definition) is 7. The molecule has 1 aromatic heterocycles. The van der Waals surface area contributed by atoms with Gasteiger partial charge in [-0.15, -0.1) is 0 Å². The number of aromatic nitrogens is 1. The number of fused-ring (bicyclic) bond motifs is 1. The Labute approximate surface area is 231 Å². The molecule has 0 saturated heterocycles. The van der Waals surface area contributed by atoms with Gasteiger partial charge in [0.15, 0.2) is 0 Å². The number of primary amides is 1. The van der Waals surface area contributed by atoms with E-state index in [0.717, 1.165) is 16.5 Å². The third kappa shape index (κ3) is 9.29. The van der Waals surface area contributed by atoms with Crippen molar-refractivity contribution in [1.29, 1.82) is 0 Å². The second-order valence-corrected chi connectivity index (χ2v) is 10.4. The van der Waals surface area contributed by atoms with Crippen molar-refractivity contribution < 1.29 is 29.1 Å². The first-order chi connectivity index (χ1) is 18.5. The number of carbonyl (C=O) groups is 5. The van der Waals surface area contributed by atoms with Gasteiger partial charge in [0.1, 0.15) is 18.1 Å². The van der Waals surface area contributed by atoms with E-state index in [2.05, 4.69) is 20.9 Å². The van der Waals surface area contributed by atoms with Crippen molar-refractivity contribution in [3.8, 4) is 0 Å². The standard InChI is InChI=1S/C26H38N6O6S/c1-4-14(2)22(26(37)38)32-25(36)20(12-21(28)33)31-24(35)19(30-23(34)17(27)9-10-39-3)11-15-13-29-18-8-6-5-7-16(15)18/h5-8,13-14,17,19-20,22,29H,4,9-12,27H2,1-3H3,(H2,28,33)(H,30,34)(H,31,35)(H,32,36)(H,37,38). The molecule has 2 rings (SSSR count). The van der Waals surface area contributed by atoms with Crippen LogP contribution < -0.4 is 27.4 Å². The molecule has 5 unspecified atom stereocenters. The van der Waals surface area contributed by atoms with Crippen LogP contribution in [0.3, 0.4) is 0 Å². The van der Waals surface area contributed by atoms with Gasteiger partial charge in [0, 0.05) is 23.5 Å². The Morgan fingerprint density at radius 3 is 2.28 bits per heavy atom. The zero-order valence-corrected chi connectivity index (χ0v) is 23.2. The van der Waals surface area contributed by atoms with Crippen LogP contribution in [0.4, 0.5) is 0 Å². The number of carboxylic acid groups (broad SMARTS) is 1. The highest BCUT2D eigenvalue weighted by molar-refractivity contribution is 7.98. The topological polar surface area (TPSA) is 209 Å². The molecule has 0 radical (unpaired) electrons. The Hall–Kier alpha value is -3.58. The van der Waals surface area contributed by atoms with Crippen LogP contribution in [0.1, 0.15) is 38.7 Å². The van der Waals surface area contributed by atoms with E-state index in [1.165, 1.54) is 11.8 Å². The SMILES string of the molecule is CCC(C)C(NC(=O)C(CC(N)=O)NC(=O)C(Cc1c[nH]c2ccccc12)NC(=O)C(N)CCSC)C(=O)O. The van der Waals surface area contributed by atoms with Gasteiger partial charge >= 0.3 is 5.97 Å². The average Bonchev–Trinajstić information content (AvgIpc) is 3.31. The van der Waals surface area contributed by atoms with E-state index >= 15 is 0 Å². The molecule has 1 heterocycles. The number of carbonyl (C=O) groups excluding carboxylic acids is 4. The molecule has 0 aliphatic heterocycles. The van der Waals surface area contributed by atoms with Crippen molar-refractivity contribution in [1.82, 2.24) is 20.9 Å². The minimum Gasteiger partial charge on any atom is -0.480 e. The number of hydrogen-bond acceptors (Lipinski definition) is 7. The van der Waals surface area contributed by atoms with Gasteiger partial charge in [-0.3, -0.25) is 19.2 Å². The van der Waals surface area contributed by atoms with Crippen molar-refractivity contribution in [2.75, 3.05) is 12.0 Å². The fourth-order valence-electron chi connectivity index (χ4n) is 4.00. The number of para-hydroxylation sites is 1. The molecule has 0 saturated carbocycles. The van der Waals surface area contributed by atoms with E-state index in [9.17, 15) is 29.1 Å². The van der Waals surface area contributed by atoms with Crippen LogP contribution in [0.2, 0.25) is 0 Å².